The molecule has 1 aromatic rings. The van der Waals surface area contributed by atoms with Gasteiger partial charge in [-0.05, 0) is 41.4 Å². The van der Waals surface area contributed by atoms with Gasteiger partial charge in [-0.15, -0.1) is 0 Å². The highest BCUT2D eigenvalue weighted by Crippen LogP contribution is 2.24. The summed E-state index contributed by atoms with van der Waals surface area (Å²) in [6.45, 7) is 1.01. The molecule has 0 saturated heterocycles. The van der Waals surface area contributed by atoms with Crippen molar-refractivity contribution in [3.8, 4) is 0 Å². The Morgan fingerprint density at radius 3 is 2.52 bits per heavy atom. The Bertz CT molecular complexity index is 716. The summed E-state index contributed by atoms with van der Waals surface area (Å²) in [4.78, 5) is 17.2. The summed E-state index contributed by atoms with van der Waals surface area (Å²) in [5, 5.41) is 0. The van der Waals surface area contributed by atoms with Gasteiger partial charge in [0, 0.05) is 17.7 Å². The number of benzene rings is 1. The van der Waals surface area contributed by atoms with Gasteiger partial charge >= 0.3 is 0 Å². The molecular weight excluding hydrogens is 406 g/mol. The third kappa shape index (κ3) is 4.20. The first-order valence-corrected chi connectivity index (χ1v) is 8.24. The van der Waals surface area contributed by atoms with Crippen LogP contribution in [0.1, 0.15) is 18.9 Å². The Hall–Kier alpha value is -1.90. The van der Waals surface area contributed by atoms with E-state index in [9.17, 15) is 22.4 Å². The van der Waals surface area contributed by atoms with E-state index >= 15 is 0 Å². The lowest BCUT2D eigenvalue weighted by molar-refractivity contribution is -0.133. The molecule has 2 rings (SSSR count). The second kappa shape index (κ2) is 7.99. The maximum Gasteiger partial charge on any atom is 0.270 e. The fraction of sp³-hybridized carbons (Fsp3) is 0.375. The smallest absolute Gasteiger partial charge is 0.270 e. The Balaban J connectivity index is 2.22. The predicted molar refractivity (Wildman–Crippen MR) is 89.4 cm³/mol. The molecule has 1 heterocycles. The van der Waals surface area contributed by atoms with E-state index < -0.39 is 30.0 Å². The second-order valence-electron chi connectivity index (χ2n) is 5.52. The molecule has 9 heteroatoms. The zero-order valence-electron chi connectivity index (χ0n) is 13.3. The zero-order valence-corrected chi connectivity index (χ0v) is 14.9. The fourth-order valence-electron chi connectivity index (χ4n) is 2.42. The van der Waals surface area contributed by atoms with Crippen LogP contribution in [0.25, 0.3) is 0 Å². The third-order valence-electron chi connectivity index (χ3n) is 3.96. The minimum Gasteiger partial charge on any atom is -0.394 e. The van der Waals surface area contributed by atoms with Crippen LogP contribution in [0.2, 0.25) is 0 Å². The van der Waals surface area contributed by atoms with Gasteiger partial charge in [0.05, 0.1) is 12.6 Å². The van der Waals surface area contributed by atoms with Crippen molar-refractivity contribution in [1.82, 2.24) is 4.90 Å². The molecule has 0 saturated carbocycles. The van der Waals surface area contributed by atoms with E-state index in [4.69, 9.17) is 5.73 Å². The summed E-state index contributed by atoms with van der Waals surface area (Å²) in [5.74, 6) is -2.18. The predicted octanol–water partition coefficient (Wildman–Crippen LogP) is 3.36. The van der Waals surface area contributed by atoms with Crippen LogP contribution in [0.15, 0.2) is 34.5 Å². The van der Waals surface area contributed by atoms with Crippen LogP contribution in [0.5, 0.6) is 0 Å². The number of nitrogens with two attached hydrogens (primary N) is 1. The molecular formula is C16H16BrF4N3O. The molecule has 1 atom stereocenters. The molecule has 0 unspecified atom stereocenters. The Morgan fingerprint density at radius 2 is 1.96 bits per heavy atom. The van der Waals surface area contributed by atoms with Crippen LogP contribution in [0.4, 0.5) is 17.6 Å². The normalized spacial score (nSPS) is 17.5. The van der Waals surface area contributed by atoms with Gasteiger partial charge in [-0.3, -0.25) is 9.79 Å². The second-order valence-corrected chi connectivity index (χ2v) is 6.27. The first-order chi connectivity index (χ1) is 11.7. The zero-order chi connectivity index (χ0) is 18.7. The molecule has 136 valence electrons. The summed E-state index contributed by atoms with van der Waals surface area (Å²) >= 11 is 3.15. The molecule has 4 nitrogen and oxygen atoms in total. The monoisotopic (exact) mass is 421 g/mol. The van der Waals surface area contributed by atoms with E-state index in [-0.39, 0.29) is 35.4 Å². The van der Waals surface area contributed by atoms with E-state index in [2.05, 4.69) is 20.9 Å². The lowest BCUT2D eigenvalue weighted by Gasteiger charge is -2.33. The fourth-order valence-corrected chi connectivity index (χ4v) is 2.96. The number of halogens is 5. The molecule has 1 aromatic carbocycles. The number of hydrogen-bond donors (Lipinski definition) is 1. The molecule has 1 aliphatic heterocycles. The number of aliphatic imine (C=N–C) groups is 1. The first-order valence-electron chi connectivity index (χ1n) is 7.45. The molecule has 2 N–H and O–H groups in total. The van der Waals surface area contributed by atoms with Crippen LogP contribution >= 0.6 is 15.9 Å². The van der Waals surface area contributed by atoms with Gasteiger partial charge in [-0.1, -0.05) is 6.07 Å². The van der Waals surface area contributed by atoms with Crippen LogP contribution in [-0.4, -0.2) is 34.4 Å². The van der Waals surface area contributed by atoms with Crippen molar-refractivity contribution in [2.75, 3.05) is 6.54 Å². The van der Waals surface area contributed by atoms with Gasteiger partial charge < -0.3 is 10.6 Å². The molecule has 0 aromatic heterocycles. The number of hydrogen-bond acceptors (Lipinski definition) is 3. The highest BCUT2D eigenvalue weighted by molar-refractivity contribution is 9.18. The quantitative estimate of drug-likeness (QED) is 0.585. The number of alkyl halides is 2. The van der Waals surface area contributed by atoms with E-state index in [0.29, 0.717) is 5.57 Å². The minimum atomic E-state index is -2.68. The topological polar surface area (TPSA) is 58.7 Å². The number of carbonyl (C=O) groups is 1. The maximum absolute atomic E-state index is 13.6. The van der Waals surface area contributed by atoms with E-state index in [1.165, 1.54) is 13.0 Å². The number of rotatable bonds is 5. The van der Waals surface area contributed by atoms with Crippen LogP contribution in [-0.2, 0) is 11.3 Å². The Labute approximate surface area is 150 Å². The molecule has 1 aliphatic rings. The molecule has 0 aliphatic carbocycles. The summed E-state index contributed by atoms with van der Waals surface area (Å²) in [6.07, 6.45) is -2.47. The largest absolute Gasteiger partial charge is 0.394 e. The van der Waals surface area contributed by atoms with Gasteiger partial charge in [0.2, 0.25) is 0 Å². The number of carbonyl (C=O) groups excluding carboxylic acids is 1. The Kier molecular flexibility index (Phi) is 6.21. The summed E-state index contributed by atoms with van der Waals surface area (Å²) in [7, 11) is 0. The maximum atomic E-state index is 13.6. The summed E-state index contributed by atoms with van der Waals surface area (Å²) in [5.41, 5.74) is 5.68. The number of amides is 1. The van der Waals surface area contributed by atoms with Gasteiger partial charge in [0.1, 0.15) is 22.0 Å². The van der Waals surface area contributed by atoms with Gasteiger partial charge in [0.15, 0.2) is 0 Å². The standard InChI is InChI=1S/C16H16BrF4N3O/c1-8(15(20)21)24-6-5-9(13(22)16(24)25)14(17)23-7-10-11(18)3-2-4-12(10)19/h2-4,8,15H,5-7,22H2,1H3/t8-/m1/s1. The molecule has 0 spiro atoms. The molecule has 0 fully saturated rings. The van der Waals surface area contributed by atoms with E-state index in [1.807, 2.05) is 0 Å². The summed E-state index contributed by atoms with van der Waals surface area (Å²) < 4.78 is 53.0. The molecule has 0 bridgehead atoms. The Morgan fingerprint density at radius 1 is 1.36 bits per heavy atom. The minimum absolute atomic E-state index is 0.0546. The van der Waals surface area contributed by atoms with Crippen molar-refractivity contribution >= 4 is 26.5 Å². The average Bonchev–Trinajstić information content (AvgIpc) is 2.56. The highest BCUT2D eigenvalue weighted by Gasteiger charge is 2.33. The third-order valence-corrected chi connectivity index (χ3v) is 4.69. The van der Waals surface area contributed by atoms with Crippen molar-refractivity contribution in [1.29, 1.82) is 0 Å². The molecule has 1 amide bonds. The van der Waals surface area contributed by atoms with E-state index in [1.54, 1.807) is 0 Å². The van der Waals surface area contributed by atoms with Gasteiger partial charge in [-0.2, -0.15) is 0 Å². The van der Waals surface area contributed by atoms with Gasteiger partial charge in [0.25, 0.3) is 12.3 Å². The first kappa shape index (κ1) is 19.4. The number of nitrogens with zero attached hydrogens (tertiary/aromatic N) is 2. The van der Waals surface area contributed by atoms with E-state index in [0.717, 1.165) is 17.0 Å². The molecule has 0 radical (unpaired) electrons. The molecule has 25 heavy (non-hydrogen) atoms. The lowest BCUT2D eigenvalue weighted by Crippen LogP contribution is -2.48. The SMILES string of the molecule is C[C@H](C(F)F)N1CCC(C(Br)=NCc2c(F)cccc2F)=C(N)C1=O. The van der Waals surface area contributed by atoms with Crippen molar-refractivity contribution in [3.05, 3.63) is 46.7 Å². The van der Waals surface area contributed by atoms with Crippen molar-refractivity contribution < 1.29 is 22.4 Å². The average molecular weight is 422 g/mol. The highest BCUT2D eigenvalue weighted by atomic mass is 79.9. The van der Waals surface area contributed by atoms with Crippen LogP contribution in [0, 0.1) is 11.6 Å². The van der Waals surface area contributed by atoms with Crippen LogP contribution in [0.3, 0.4) is 0 Å². The van der Waals surface area contributed by atoms with Crippen LogP contribution < -0.4 is 5.73 Å². The van der Waals surface area contributed by atoms with Gasteiger partial charge in [-0.25, -0.2) is 17.6 Å². The lowest BCUT2D eigenvalue weighted by atomic mass is 10.0. The summed E-state index contributed by atoms with van der Waals surface area (Å²) in [6, 6.07) is 2.22. The van der Waals surface area contributed by atoms with Crippen molar-refractivity contribution in [3.63, 3.8) is 0 Å². The van der Waals surface area contributed by atoms with Crippen molar-refractivity contribution in [2.24, 2.45) is 10.7 Å². The van der Waals surface area contributed by atoms with Crippen molar-refractivity contribution in [2.45, 2.75) is 32.4 Å².